The molecule has 2 aromatic rings. The Morgan fingerprint density at radius 2 is 1.39 bits per heavy atom. The molecule has 0 aliphatic carbocycles. The molecule has 3 saturated heterocycles. The number of likely N-dealkylation sites (tertiary alicyclic amines) is 2. The van der Waals surface area contributed by atoms with E-state index < -0.39 is 64.6 Å². The third kappa shape index (κ3) is 9.48. The van der Waals surface area contributed by atoms with E-state index in [1.807, 2.05) is 28.6 Å². The Labute approximate surface area is 312 Å². The number of alkyl halides is 6. The number of halogens is 6. The highest BCUT2D eigenvalue weighted by Crippen LogP contribution is 2.37. The van der Waals surface area contributed by atoms with Crippen LogP contribution >= 0.6 is 0 Å². The van der Waals surface area contributed by atoms with Gasteiger partial charge >= 0.3 is 24.5 Å². The summed E-state index contributed by atoms with van der Waals surface area (Å²) in [4.78, 5) is 47.4. The maximum Gasteiger partial charge on any atom is 0.416 e. The standard InChI is InChI=1S/C36H44F6N6O5S/c1-54(52)47-18-16-44(17-19-47)28-7-11-45(12-8-28)32(49)31(22-24-20-26(35(37,38)39)23-27(21-24)36(40,41)42)53-34(51)46-13-9-29(10-14-46)48-15-6-25-4-2-3-5-30(25)43-33(48)50/h2-5,20-21,23,28-29,31H,6-19,22H2,1H3,(H,43,50)/t31-,54?/m1/s1. The number of benzene rings is 2. The summed E-state index contributed by atoms with van der Waals surface area (Å²) in [6.07, 6.45) is -9.29. The molecule has 4 amide bonds. The predicted octanol–water partition coefficient (Wildman–Crippen LogP) is 5.23. The van der Waals surface area contributed by atoms with Gasteiger partial charge in [-0.2, -0.15) is 26.3 Å². The minimum Gasteiger partial charge on any atom is -0.436 e. The normalized spacial score (nSPS) is 21.2. The van der Waals surface area contributed by atoms with E-state index in [9.17, 15) is 44.9 Å². The second kappa shape index (κ2) is 16.5. The van der Waals surface area contributed by atoms with Crippen LogP contribution in [0.1, 0.15) is 47.9 Å². The molecule has 296 valence electrons. The summed E-state index contributed by atoms with van der Waals surface area (Å²) in [5.74, 6) is -0.699. The molecular formula is C36H44F6N6O5S. The fourth-order valence-corrected chi connectivity index (χ4v) is 8.48. The van der Waals surface area contributed by atoms with E-state index in [0.29, 0.717) is 77.0 Å². The van der Waals surface area contributed by atoms with Crippen molar-refractivity contribution in [2.45, 2.75) is 69.1 Å². The highest BCUT2D eigenvalue weighted by Gasteiger charge is 2.40. The van der Waals surface area contributed by atoms with Gasteiger partial charge < -0.3 is 24.8 Å². The van der Waals surface area contributed by atoms with Crippen LogP contribution in [0.15, 0.2) is 42.5 Å². The van der Waals surface area contributed by atoms with Crippen molar-refractivity contribution in [2.75, 3.05) is 70.5 Å². The highest BCUT2D eigenvalue weighted by atomic mass is 32.2. The first-order valence-electron chi connectivity index (χ1n) is 18.1. The van der Waals surface area contributed by atoms with Crippen LogP contribution in [0, 0.1) is 0 Å². The summed E-state index contributed by atoms with van der Waals surface area (Å²) in [7, 11) is -1.07. The van der Waals surface area contributed by atoms with Crippen molar-refractivity contribution in [1.82, 2.24) is 23.9 Å². The second-order valence-electron chi connectivity index (χ2n) is 14.2. The molecule has 4 aliphatic heterocycles. The van der Waals surface area contributed by atoms with E-state index in [-0.39, 0.29) is 50.4 Å². The van der Waals surface area contributed by atoms with Crippen molar-refractivity contribution < 1.29 is 49.7 Å². The Balaban J connectivity index is 1.14. The number of hydrogen-bond acceptors (Lipinski definition) is 6. The number of piperazine rings is 1. The maximum absolute atomic E-state index is 14.0. The van der Waals surface area contributed by atoms with Crippen LogP contribution < -0.4 is 5.32 Å². The van der Waals surface area contributed by atoms with Crippen molar-refractivity contribution in [3.63, 3.8) is 0 Å². The van der Waals surface area contributed by atoms with E-state index in [1.165, 1.54) is 9.80 Å². The lowest BCUT2D eigenvalue weighted by atomic mass is 9.98. The summed E-state index contributed by atoms with van der Waals surface area (Å²) in [6.45, 7) is 3.95. The lowest BCUT2D eigenvalue weighted by Crippen LogP contribution is -2.55. The molecule has 0 aromatic heterocycles. The highest BCUT2D eigenvalue weighted by molar-refractivity contribution is 7.81. The lowest BCUT2D eigenvalue weighted by molar-refractivity contribution is -0.143. The van der Waals surface area contributed by atoms with Crippen molar-refractivity contribution in [2.24, 2.45) is 0 Å². The molecule has 0 saturated carbocycles. The first-order valence-corrected chi connectivity index (χ1v) is 19.6. The minimum absolute atomic E-state index is 0.0164. The van der Waals surface area contributed by atoms with E-state index in [2.05, 4.69) is 10.2 Å². The van der Waals surface area contributed by atoms with E-state index in [0.717, 1.165) is 11.3 Å². The van der Waals surface area contributed by atoms with Crippen LogP contribution in [-0.2, 0) is 45.7 Å². The Morgan fingerprint density at radius 1 is 0.815 bits per heavy atom. The fourth-order valence-electron chi connectivity index (χ4n) is 7.81. The molecule has 6 rings (SSSR count). The molecule has 1 unspecified atom stereocenters. The van der Waals surface area contributed by atoms with Gasteiger partial charge in [0.1, 0.15) is 0 Å². The summed E-state index contributed by atoms with van der Waals surface area (Å²) in [5.41, 5.74) is -1.76. The summed E-state index contributed by atoms with van der Waals surface area (Å²) < 4.78 is 102. The van der Waals surface area contributed by atoms with Crippen LogP contribution in [-0.4, -0.2) is 129 Å². The number of rotatable bonds is 7. The molecule has 2 atom stereocenters. The third-order valence-corrected chi connectivity index (χ3v) is 11.9. The molecule has 0 bridgehead atoms. The predicted molar refractivity (Wildman–Crippen MR) is 188 cm³/mol. The number of carbonyl (C=O) groups is 3. The number of piperidine rings is 2. The zero-order valence-electron chi connectivity index (χ0n) is 29.8. The Hall–Kier alpha value is -3.90. The first-order chi connectivity index (χ1) is 25.6. The first kappa shape index (κ1) is 39.8. The molecule has 0 radical (unpaired) electrons. The van der Waals surface area contributed by atoms with Gasteiger partial charge in [0, 0.05) is 89.4 Å². The Morgan fingerprint density at radius 3 is 1.98 bits per heavy atom. The van der Waals surface area contributed by atoms with Gasteiger partial charge in [0.15, 0.2) is 6.10 Å². The van der Waals surface area contributed by atoms with Crippen LogP contribution in [0.5, 0.6) is 0 Å². The Kier molecular flexibility index (Phi) is 12.1. The van der Waals surface area contributed by atoms with E-state index in [4.69, 9.17) is 4.74 Å². The molecule has 3 fully saturated rings. The quantitative estimate of drug-likeness (QED) is 0.386. The lowest BCUT2D eigenvalue weighted by Gasteiger charge is -2.42. The van der Waals surface area contributed by atoms with Crippen LogP contribution in [0.3, 0.4) is 0 Å². The number of nitrogens with one attached hydrogen (secondary N) is 1. The molecule has 11 nitrogen and oxygen atoms in total. The number of amides is 4. The maximum atomic E-state index is 14.0. The van der Waals surface area contributed by atoms with Gasteiger partial charge in [0.05, 0.1) is 22.1 Å². The van der Waals surface area contributed by atoms with Crippen molar-refractivity contribution in [3.8, 4) is 0 Å². The molecular weight excluding hydrogens is 742 g/mol. The zero-order chi connectivity index (χ0) is 38.8. The SMILES string of the molecule is CS(=O)N1CCN(C2CCN(C(=O)[C@@H](Cc3cc(C(F)(F)F)cc(C(F)(F)F)c3)OC(=O)N3CCC(N4CCc5ccccc5NC4=O)CC3)CC2)CC1. The average Bonchev–Trinajstić information content (AvgIpc) is 3.31. The van der Waals surface area contributed by atoms with Gasteiger partial charge in [0.25, 0.3) is 5.91 Å². The number of ether oxygens (including phenoxy) is 1. The number of carbonyl (C=O) groups excluding carboxylic acids is 3. The van der Waals surface area contributed by atoms with Gasteiger partial charge in [-0.05, 0) is 67.5 Å². The topological polar surface area (TPSA) is 106 Å². The third-order valence-electron chi connectivity index (χ3n) is 10.8. The van der Waals surface area contributed by atoms with Crippen LogP contribution in [0.4, 0.5) is 41.6 Å². The van der Waals surface area contributed by atoms with Gasteiger partial charge in [-0.1, -0.05) is 18.2 Å². The number of para-hydroxylation sites is 1. The van der Waals surface area contributed by atoms with Crippen LogP contribution in [0.25, 0.3) is 0 Å². The smallest absolute Gasteiger partial charge is 0.416 e. The van der Waals surface area contributed by atoms with Crippen molar-refractivity contribution >= 4 is 34.7 Å². The largest absolute Gasteiger partial charge is 0.436 e. The minimum atomic E-state index is -5.09. The molecule has 18 heteroatoms. The molecule has 4 heterocycles. The summed E-state index contributed by atoms with van der Waals surface area (Å²) in [6, 6.07) is 8.30. The Bertz CT molecular complexity index is 1670. The average molecular weight is 787 g/mol. The van der Waals surface area contributed by atoms with Gasteiger partial charge in [-0.3, -0.25) is 9.69 Å². The number of anilines is 1. The van der Waals surface area contributed by atoms with Gasteiger partial charge in [-0.25, -0.2) is 18.1 Å². The monoisotopic (exact) mass is 786 g/mol. The summed E-state index contributed by atoms with van der Waals surface area (Å²) in [5, 5.41) is 2.93. The second-order valence-corrected chi connectivity index (χ2v) is 15.5. The number of fused-ring (bicyclic) bond motifs is 1. The number of hydrogen-bond donors (Lipinski definition) is 1. The molecule has 2 aromatic carbocycles. The summed E-state index contributed by atoms with van der Waals surface area (Å²) >= 11 is 0. The fraction of sp³-hybridized carbons (Fsp3) is 0.583. The molecule has 54 heavy (non-hydrogen) atoms. The number of nitrogens with zero attached hydrogens (tertiary/aromatic N) is 5. The van der Waals surface area contributed by atoms with E-state index >= 15 is 0 Å². The molecule has 4 aliphatic rings. The van der Waals surface area contributed by atoms with Crippen molar-refractivity contribution in [3.05, 3.63) is 64.7 Å². The van der Waals surface area contributed by atoms with Crippen molar-refractivity contribution in [1.29, 1.82) is 0 Å². The van der Waals surface area contributed by atoms with E-state index in [1.54, 1.807) is 11.2 Å². The van der Waals surface area contributed by atoms with Gasteiger partial charge in [-0.15, -0.1) is 0 Å². The van der Waals surface area contributed by atoms with Crippen LogP contribution in [0.2, 0.25) is 0 Å². The zero-order valence-corrected chi connectivity index (χ0v) is 30.6. The molecule has 0 spiro atoms. The number of urea groups is 1. The molecule has 1 N–H and O–H groups in total. The van der Waals surface area contributed by atoms with Gasteiger partial charge in [0.2, 0.25) is 0 Å².